The zero-order valence-electron chi connectivity index (χ0n) is 8.50. The van der Waals surface area contributed by atoms with Gasteiger partial charge in [-0.25, -0.2) is 0 Å². The van der Waals surface area contributed by atoms with Crippen molar-refractivity contribution in [2.24, 2.45) is 0 Å². The van der Waals surface area contributed by atoms with Crippen LogP contribution in [0, 0.1) is 0 Å². The summed E-state index contributed by atoms with van der Waals surface area (Å²) in [6.07, 6.45) is 1.50. The summed E-state index contributed by atoms with van der Waals surface area (Å²) in [5, 5.41) is 1.42. The van der Waals surface area contributed by atoms with Gasteiger partial charge in [0.05, 0.1) is 8.07 Å². The summed E-state index contributed by atoms with van der Waals surface area (Å²) >= 11 is 0. The molecule has 0 saturated carbocycles. The second-order valence-electron chi connectivity index (χ2n) is 4.32. The second kappa shape index (κ2) is 3.88. The van der Waals surface area contributed by atoms with Gasteiger partial charge in [-0.1, -0.05) is 49.1 Å². The van der Waals surface area contributed by atoms with Crippen molar-refractivity contribution in [2.75, 3.05) is 0 Å². The van der Waals surface area contributed by atoms with Crippen LogP contribution in [-0.4, -0.2) is 14.4 Å². The Morgan fingerprint density at radius 2 is 2.00 bits per heavy atom. The fraction of sp³-hybridized carbons (Fsp3) is 0.364. The maximum Gasteiger partial charge on any atom is 0.124 e. The molecule has 0 amide bonds. The minimum atomic E-state index is -1.21. The Bertz CT molecular complexity index is 299. The van der Waals surface area contributed by atoms with Gasteiger partial charge in [0.2, 0.25) is 0 Å². The van der Waals surface area contributed by atoms with Gasteiger partial charge in [0, 0.05) is 6.42 Å². The quantitative estimate of drug-likeness (QED) is 0.528. The molecule has 2 heteroatoms. The third-order valence-corrected chi connectivity index (χ3v) is 4.16. The molecule has 0 unspecified atom stereocenters. The van der Waals surface area contributed by atoms with E-state index < -0.39 is 8.07 Å². The molecule has 0 saturated heterocycles. The molecule has 0 aromatic heterocycles. The van der Waals surface area contributed by atoms with E-state index in [9.17, 15) is 4.79 Å². The summed E-state index contributed by atoms with van der Waals surface area (Å²) in [7, 11) is -1.21. The van der Waals surface area contributed by atoms with Crippen molar-refractivity contribution in [2.45, 2.75) is 26.1 Å². The molecule has 0 bridgehead atoms. The summed E-state index contributed by atoms with van der Waals surface area (Å²) in [6, 6.07) is 8.39. The van der Waals surface area contributed by atoms with Gasteiger partial charge in [-0.15, -0.1) is 0 Å². The third-order valence-electron chi connectivity index (χ3n) is 2.11. The Labute approximate surface area is 80.8 Å². The predicted molar refractivity (Wildman–Crippen MR) is 59.2 cm³/mol. The Kier molecular flexibility index (Phi) is 3.04. The fourth-order valence-electron chi connectivity index (χ4n) is 1.26. The number of aldehydes is 1. The Morgan fingerprint density at radius 1 is 1.31 bits per heavy atom. The lowest BCUT2D eigenvalue weighted by molar-refractivity contribution is -0.107. The molecule has 0 atom stereocenters. The summed E-state index contributed by atoms with van der Waals surface area (Å²) in [5.74, 6) is 0. The normalized spacial score (nSPS) is 11.3. The molecular weight excluding hydrogens is 176 g/mol. The van der Waals surface area contributed by atoms with Crippen LogP contribution in [0.4, 0.5) is 0 Å². The van der Waals surface area contributed by atoms with Gasteiger partial charge in [-0.05, 0) is 5.56 Å². The van der Waals surface area contributed by atoms with Gasteiger partial charge in [-0.2, -0.15) is 0 Å². The number of carbonyl (C=O) groups excluding carboxylic acids is 1. The van der Waals surface area contributed by atoms with Gasteiger partial charge in [-0.3, -0.25) is 0 Å². The van der Waals surface area contributed by atoms with Gasteiger partial charge in [0.25, 0.3) is 0 Å². The number of benzene rings is 1. The highest BCUT2D eigenvalue weighted by Crippen LogP contribution is 2.04. The van der Waals surface area contributed by atoms with E-state index >= 15 is 0 Å². The van der Waals surface area contributed by atoms with Crippen LogP contribution in [0.1, 0.15) is 5.56 Å². The van der Waals surface area contributed by atoms with Gasteiger partial charge < -0.3 is 4.79 Å². The van der Waals surface area contributed by atoms with E-state index in [1.54, 1.807) is 0 Å². The minimum Gasteiger partial charge on any atom is -0.303 e. The lowest BCUT2D eigenvalue weighted by Crippen LogP contribution is -2.37. The van der Waals surface area contributed by atoms with Crippen LogP contribution in [0.2, 0.25) is 19.6 Å². The molecule has 1 aromatic rings. The van der Waals surface area contributed by atoms with Gasteiger partial charge >= 0.3 is 0 Å². The van der Waals surface area contributed by atoms with E-state index in [1.807, 2.05) is 12.1 Å². The monoisotopic (exact) mass is 192 g/mol. The van der Waals surface area contributed by atoms with Crippen molar-refractivity contribution in [1.29, 1.82) is 0 Å². The topological polar surface area (TPSA) is 17.1 Å². The first-order valence-electron chi connectivity index (χ1n) is 4.57. The number of hydrogen-bond donors (Lipinski definition) is 0. The SMILES string of the molecule is C[Si](C)(C)c1cccc(CC=O)c1. The standard InChI is InChI=1S/C11H16OSi/c1-13(2,3)11-6-4-5-10(9-11)7-8-12/h4-6,8-9H,7H2,1-3H3. The molecule has 70 valence electrons. The maximum absolute atomic E-state index is 10.3. The van der Waals surface area contributed by atoms with Gasteiger partial charge in [0.1, 0.15) is 6.29 Å². The average Bonchev–Trinajstić information content (AvgIpc) is 2.04. The molecule has 0 N–H and O–H groups in total. The van der Waals surface area contributed by atoms with Crippen LogP contribution >= 0.6 is 0 Å². The van der Waals surface area contributed by atoms with Crippen molar-refractivity contribution in [1.82, 2.24) is 0 Å². The maximum atomic E-state index is 10.3. The first-order chi connectivity index (χ1) is 6.04. The molecule has 13 heavy (non-hydrogen) atoms. The first kappa shape index (κ1) is 10.2. The second-order valence-corrected chi connectivity index (χ2v) is 9.40. The molecule has 0 aliphatic heterocycles. The fourth-order valence-corrected chi connectivity index (χ4v) is 2.48. The van der Waals surface area contributed by atoms with E-state index in [-0.39, 0.29) is 0 Å². The summed E-state index contributed by atoms with van der Waals surface area (Å²) in [5.41, 5.74) is 1.13. The number of hydrogen-bond acceptors (Lipinski definition) is 1. The van der Waals surface area contributed by atoms with Crippen LogP contribution in [0.5, 0.6) is 0 Å². The zero-order valence-corrected chi connectivity index (χ0v) is 9.50. The Morgan fingerprint density at radius 3 is 2.54 bits per heavy atom. The number of carbonyl (C=O) groups is 1. The van der Waals surface area contributed by atoms with E-state index in [1.165, 1.54) is 5.19 Å². The lowest BCUT2D eigenvalue weighted by atomic mass is 10.2. The minimum absolute atomic E-state index is 0.540. The third kappa shape index (κ3) is 2.81. The summed E-state index contributed by atoms with van der Waals surface area (Å²) in [4.78, 5) is 10.3. The van der Waals surface area contributed by atoms with Crippen molar-refractivity contribution in [3.63, 3.8) is 0 Å². The van der Waals surface area contributed by atoms with Crippen LogP contribution in [-0.2, 0) is 11.2 Å². The van der Waals surface area contributed by atoms with Crippen molar-refractivity contribution in [3.05, 3.63) is 29.8 Å². The molecule has 1 rings (SSSR count). The Hall–Kier alpha value is -0.893. The molecule has 1 nitrogen and oxygen atoms in total. The van der Waals surface area contributed by atoms with E-state index in [4.69, 9.17) is 0 Å². The molecule has 0 radical (unpaired) electrons. The van der Waals surface area contributed by atoms with Crippen LogP contribution in [0.25, 0.3) is 0 Å². The smallest absolute Gasteiger partial charge is 0.124 e. The molecule has 0 fully saturated rings. The molecule has 0 aliphatic carbocycles. The highest BCUT2D eigenvalue weighted by atomic mass is 28.3. The van der Waals surface area contributed by atoms with Gasteiger partial charge in [0.15, 0.2) is 0 Å². The highest BCUT2D eigenvalue weighted by molar-refractivity contribution is 6.88. The number of rotatable bonds is 3. The van der Waals surface area contributed by atoms with Crippen LogP contribution < -0.4 is 5.19 Å². The average molecular weight is 192 g/mol. The first-order valence-corrected chi connectivity index (χ1v) is 8.07. The molecule has 0 aliphatic rings. The van der Waals surface area contributed by atoms with Crippen molar-refractivity contribution < 1.29 is 4.79 Å². The largest absolute Gasteiger partial charge is 0.303 e. The molecule has 1 aromatic carbocycles. The lowest BCUT2D eigenvalue weighted by Gasteiger charge is -2.16. The van der Waals surface area contributed by atoms with Crippen molar-refractivity contribution >= 4 is 19.5 Å². The highest BCUT2D eigenvalue weighted by Gasteiger charge is 2.15. The zero-order chi connectivity index (χ0) is 9.90. The van der Waals surface area contributed by atoms with Crippen molar-refractivity contribution in [3.8, 4) is 0 Å². The molecular formula is C11H16OSi. The molecule has 0 spiro atoms. The van der Waals surface area contributed by atoms with Crippen LogP contribution in [0.3, 0.4) is 0 Å². The summed E-state index contributed by atoms with van der Waals surface area (Å²) in [6.45, 7) is 6.94. The predicted octanol–water partition coefficient (Wildman–Crippen LogP) is 1.97. The Balaban J connectivity index is 2.98. The van der Waals surface area contributed by atoms with E-state index in [2.05, 4.69) is 31.8 Å². The van der Waals surface area contributed by atoms with E-state index in [0.717, 1.165) is 11.8 Å². The molecule has 0 heterocycles. The van der Waals surface area contributed by atoms with Crippen LogP contribution in [0.15, 0.2) is 24.3 Å². The summed E-state index contributed by atoms with van der Waals surface area (Å²) < 4.78 is 0. The van der Waals surface area contributed by atoms with E-state index in [0.29, 0.717) is 6.42 Å².